The van der Waals surface area contributed by atoms with Gasteiger partial charge in [-0.2, -0.15) is 0 Å². The molecule has 2 rings (SSSR count). The molecule has 1 heterocycles. The lowest BCUT2D eigenvalue weighted by Gasteiger charge is -2.12. The molecule has 0 aliphatic rings. The second-order valence-corrected chi connectivity index (χ2v) is 5.20. The number of benzene rings is 1. The fraction of sp³-hybridized carbons (Fsp3) is 0.278. The van der Waals surface area contributed by atoms with Gasteiger partial charge in [0.15, 0.2) is 5.96 Å². The second-order valence-electron chi connectivity index (χ2n) is 5.20. The standard InChI is InChI=1S/C18H23N5O.HI/c1-19-17(24)15-7-5-6-14(12-15)9-11-22-18(20-2)23-13-16-8-3-4-10-21-16;/h3-8,10,12H,9,11,13H2,1-2H3,(H,19,24)(H2,20,22,23);1H. The average Bonchev–Trinajstić information content (AvgIpc) is 2.65. The Morgan fingerprint density at radius 2 is 2.00 bits per heavy atom. The highest BCUT2D eigenvalue weighted by molar-refractivity contribution is 14.0. The monoisotopic (exact) mass is 453 g/mol. The summed E-state index contributed by atoms with van der Waals surface area (Å²) in [6, 6.07) is 13.4. The first-order valence-electron chi connectivity index (χ1n) is 7.88. The zero-order valence-electron chi connectivity index (χ0n) is 14.5. The van der Waals surface area contributed by atoms with E-state index in [2.05, 4.69) is 25.9 Å². The highest BCUT2D eigenvalue weighted by Gasteiger charge is 2.04. The van der Waals surface area contributed by atoms with Crippen molar-refractivity contribution in [1.29, 1.82) is 0 Å². The molecule has 0 fully saturated rings. The maximum Gasteiger partial charge on any atom is 0.251 e. The quantitative estimate of drug-likeness (QED) is 0.355. The summed E-state index contributed by atoms with van der Waals surface area (Å²) in [7, 11) is 3.37. The first-order chi connectivity index (χ1) is 11.7. The van der Waals surface area contributed by atoms with Gasteiger partial charge in [0.2, 0.25) is 0 Å². The number of nitrogens with one attached hydrogen (secondary N) is 3. The lowest BCUT2D eigenvalue weighted by molar-refractivity contribution is 0.0963. The predicted octanol–water partition coefficient (Wildman–Crippen LogP) is 1.97. The second kappa shape index (κ2) is 11.4. The number of guanidine groups is 1. The van der Waals surface area contributed by atoms with E-state index >= 15 is 0 Å². The zero-order chi connectivity index (χ0) is 17.2. The Morgan fingerprint density at radius 3 is 2.68 bits per heavy atom. The molecule has 1 aromatic carbocycles. The van der Waals surface area contributed by atoms with Crippen molar-refractivity contribution in [3.05, 3.63) is 65.5 Å². The SMILES string of the molecule is CN=C(NCCc1cccc(C(=O)NC)c1)NCc1ccccn1.I. The molecule has 1 aromatic heterocycles. The summed E-state index contributed by atoms with van der Waals surface area (Å²) in [5.41, 5.74) is 2.73. The Labute approximate surface area is 165 Å². The molecule has 0 aliphatic heterocycles. The molecule has 6 nitrogen and oxygen atoms in total. The van der Waals surface area contributed by atoms with E-state index in [-0.39, 0.29) is 29.9 Å². The van der Waals surface area contributed by atoms with E-state index in [1.165, 1.54) is 0 Å². The maximum atomic E-state index is 11.7. The van der Waals surface area contributed by atoms with Crippen LogP contribution in [0.2, 0.25) is 0 Å². The summed E-state index contributed by atoms with van der Waals surface area (Å²) in [5, 5.41) is 9.12. The van der Waals surface area contributed by atoms with Crippen molar-refractivity contribution in [3.8, 4) is 0 Å². The molecule has 0 spiro atoms. The van der Waals surface area contributed by atoms with Crippen molar-refractivity contribution in [2.75, 3.05) is 20.6 Å². The van der Waals surface area contributed by atoms with Gasteiger partial charge >= 0.3 is 0 Å². The van der Waals surface area contributed by atoms with Gasteiger partial charge in [-0.1, -0.05) is 18.2 Å². The van der Waals surface area contributed by atoms with Crippen molar-refractivity contribution in [2.24, 2.45) is 4.99 Å². The number of halogens is 1. The van der Waals surface area contributed by atoms with E-state index in [1.807, 2.05) is 42.5 Å². The third-order valence-electron chi connectivity index (χ3n) is 3.51. The molecule has 1 amide bonds. The number of carbonyl (C=O) groups is 1. The number of amides is 1. The van der Waals surface area contributed by atoms with Gasteiger partial charge in [-0.25, -0.2) is 0 Å². The summed E-state index contributed by atoms with van der Waals surface area (Å²) in [4.78, 5) is 20.1. The molecule has 0 unspecified atom stereocenters. The first-order valence-corrected chi connectivity index (χ1v) is 7.88. The van der Waals surface area contributed by atoms with Gasteiger partial charge in [0, 0.05) is 32.4 Å². The van der Waals surface area contributed by atoms with Crippen LogP contribution in [-0.2, 0) is 13.0 Å². The minimum atomic E-state index is -0.0716. The highest BCUT2D eigenvalue weighted by Crippen LogP contribution is 2.05. The average molecular weight is 453 g/mol. The van der Waals surface area contributed by atoms with E-state index in [0.717, 1.165) is 30.2 Å². The molecule has 0 aliphatic carbocycles. The van der Waals surface area contributed by atoms with Crippen LogP contribution >= 0.6 is 24.0 Å². The number of hydrogen-bond donors (Lipinski definition) is 3. The third kappa shape index (κ3) is 7.08. The Morgan fingerprint density at radius 1 is 1.16 bits per heavy atom. The Balaban J connectivity index is 0.00000312. The largest absolute Gasteiger partial charge is 0.356 e. The van der Waals surface area contributed by atoms with Gasteiger partial charge in [-0.3, -0.25) is 14.8 Å². The van der Waals surface area contributed by atoms with Gasteiger partial charge < -0.3 is 16.0 Å². The van der Waals surface area contributed by atoms with Crippen molar-refractivity contribution in [2.45, 2.75) is 13.0 Å². The molecule has 25 heavy (non-hydrogen) atoms. The maximum absolute atomic E-state index is 11.7. The van der Waals surface area contributed by atoms with Crippen molar-refractivity contribution in [1.82, 2.24) is 20.9 Å². The Bertz CT molecular complexity index is 691. The van der Waals surface area contributed by atoms with E-state index in [1.54, 1.807) is 20.3 Å². The van der Waals surface area contributed by atoms with Crippen LogP contribution in [0.5, 0.6) is 0 Å². The topological polar surface area (TPSA) is 78.4 Å². The predicted molar refractivity (Wildman–Crippen MR) is 111 cm³/mol. The van der Waals surface area contributed by atoms with Crippen LogP contribution in [0, 0.1) is 0 Å². The molecule has 134 valence electrons. The molecule has 0 saturated carbocycles. The van der Waals surface area contributed by atoms with E-state index < -0.39 is 0 Å². The summed E-state index contributed by atoms with van der Waals surface area (Å²) >= 11 is 0. The molecule has 0 bridgehead atoms. The van der Waals surface area contributed by atoms with Gasteiger partial charge in [0.05, 0.1) is 12.2 Å². The summed E-state index contributed by atoms with van der Waals surface area (Å²) in [6.07, 6.45) is 2.57. The van der Waals surface area contributed by atoms with Crippen LogP contribution in [0.25, 0.3) is 0 Å². The van der Waals surface area contributed by atoms with Crippen LogP contribution in [0.4, 0.5) is 0 Å². The first kappa shape index (κ1) is 20.9. The van der Waals surface area contributed by atoms with Gasteiger partial charge in [-0.15, -0.1) is 24.0 Å². The number of pyridine rings is 1. The summed E-state index contributed by atoms with van der Waals surface area (Å²) < 4.78 is 0. The van der Waals surface area contributed by atoms with Crippen LogP contribution < -0.4 is 16.0 Å². The third-order valence-corrected chi connectivity index (χ3v) is 3.51. The number of aromatic nitrogens is 1. The minimum Gasteiger partial charge on any atom is -0.356 e. The summed E-state index contributed by atoms with van der Waals surface area (Å²) in [6.45, 7) is 1.34. The van der Waals surface area contributed by atoms with Gasteiger partial charge in [0.1, 0.15) is 0 Å². The molecule has 2 aromatic rings. The van der Waals surface area contributed by atoms with Gasteiger partial charge in [-0.05, 0) is 36.2 Å². The van der Waals surface area contributed by atoms with E-state index in [9.17, 15) is 4.79 Å². The van der Waals surface area contributed by atoms with Crippen LogP contribution in [0.1, 0.15) is 21.6 Å². The van der Waals surface area contributed by atoms with E-state index in [4.69, 9.17) is 0 Å². The minimum absolute atomic E-state index is 0. The Kier molecular flexibility index (Phi) is 9.53. The lowest BCUT2D eigenvalue weighted by atomic mass is 10.1. The number of aliphatic imine (C=N–C) groups is 1. The zero-order valence-corrected chi connectivity index (χ0v) is 16.8. The fourth-order valence-electron chi connectivity index (χ4n) is 2.24. The molecular weight excluding hydrogens is 429 g/mol. The molecular formula is C18H24IN5O. The van der Waals surface area contributed by atoms with Crippen molar-refractivity contribution < 1.29 is 4.79 Å². The van der Waals surface area contributed by atoms with Crippen LogP contribution in [0.15, 0.2) is 53.7 Å². The van der Waals surface area contributed by atoms with Crippen molar-refractivity contribution >= 4 is 35.8 Å². The van der Waals surface area contributed by atoms with E-state index in [0.29, 0.717) is 12.1 Å². The smallest absolute Gasteiger partial charge is 0.251 e. The van der Waals surface area contributed by atoms with Crippen LogP contribution in [-0.4, -0.2) is 37.5 Å². The molecule has 0 saturated heterocycles. The number of rotatable bonds is 6. The fourth-order valence-corrected chi connectivity index (χ4v) is 2.24. The Hall–Kier alpha value is -2.16. The molecule has 0 atom stereocenters. The number of carbonyl (C=O) groups excluding carboxylic acids is 1. The molecule has 0 radical (unpaired) electrons. The van der Waals surface area contributed by atoms with Crippen molar-refractivity contribution in [3.63, 3.8) is 0 Å². The molecule has 3 N–H and O–H groups in total. The number of hydrogen-bond acceptors (Lipinski definition) is 3. The lowest BCUT2D eigenvalue weighted by Crippen LogP contribution is -2.38. The van der Waals surface area contributed by atoms with Gasteiger partial charge in [0.25, 0.3) is 5.91 Å². The highest BCUT2D eigenvalue weighted by atomic mass is 127. The summed E-state index contributed by atoms with van der Waals surface area (Å²) in [5.74, 6) is 0.653. The molecule has 7 heteroatoms. The number of nitrogens with zero attached hydrogens (tertiary/aromatic N) is 2. The van der Waals surface area contributed by atoms with Crippen LogP contribution in [0.3, 0.4) is 0 Å². The normalized spacial score (nSPS) is 10.6.